The summed E-state index contributed by atoms with van der Waals surface area (Å²) in [7, 11) is 0. The Kier molecular flexibility index (Phi) is 6.07. The zero-order valence-corrected chi connectivity index (χ0v) is 17.0. The molecule has 1 aliphatic rings. The van der Waals surface area contributed by atoms with Gasteiger partial charge in [0.2, 0.25) is 11.8 Å². The first-order chi connectivity index (χ1) is 15.5. The van der Waals surface area contributed by atoms with E-state index in [0.29, 0.717) is 28.3 Å². The summed E-state index contributed by atoms with van der Waals surface area (Å²) in [5.74, 6) is -0.408. The molecule has 3 aromatic carbocycles. The first-order valence-electron chi connectivity index (χ1n) is 10.0. The van der Waals surface area contributed by atoms with E-state index in [1.54, 1.807) is 72.8 Å². The van der Waals surface area contributed by atoms with Gasteiger partial charge in [0, 0.05) is 18.4 Å². The second-order valence-corrected chi connectivity index (χ2v) is 7.11. The van der Waals surface area contributed by atoms with Gasteiger partial charge in [0.25, 0.3) is 0 Å². The van der Waals surface area contributed by atoms with Crippen molar-refractivity contribution in [1.29, 1.82) is 0 Å². The van der Waals surface area contributed by atoms with Crippen LogP contribution in [-0.2, 0) is 9.59 Å². The lowest BCUT2D eigenvalue weighted by Crippen LogP contribution is -2.28. The molecule has 4 rings (SSSR count). The molecule has 1 saturated heterocycles. The van der Waals surface area contributed by atoms with E-state index in [4.69, 9.17) is 9.47 Å². The van der Waals surface area contributed by atoms with Gasteiger partial charge < -0.3 is 9.47 Å². The number of esters is 1. The summed E-state index contributed by atoms with van der Waals surface area (Å²) < 4.78 is 10.8. The van der Waals surface area contributed by atoms with Gasteiger partial charge >= 0.3 is 5.97 Å². The quantitative estimate of drug-likeness (QED) is 0.245. The molecule has 3 aromatic rings. The molecule has 32 heavy (non-hydrogen) atoms. The number of ketones is 1. The maximum absolute atomic E-state index is 12.4. The van der Waals surface area contributed by atoms with Crippen LogP contribution < -0.4 is 14.4 Å². The first kappa shape index (κ1) is 21.0. The van der Waals surface area contributed by atoms with Crippen molar-refractivity contribution in [2.24, 2.45) is 0 Å². The average molecular weight is 429 g/mol. The van der Waals surface area contributed by atoms with Crippen molar-refractivity contribution in [2.75, 3.05) is 11.5 Å². The Morgan fingerprint density at radius 1 is 0.719 bits per heavy atom. The second-order valence-electron chi connectivity index (χ2n) is 7.11. The molecule has 0 bridgehead atoms. The van der Waals surface area contributed by atoms with Crippen molar-refractivity contribution in [3.05, 3.63) is 90.0 Å². The molecule has 2 amide bonds. The van der Waals surface area contributed by atoms with Crippen LogP contribution in [-0.4, -0.2) is 30.2 Å². The van der Waals surface area contributed by atoms with Crippen LogP contribution in [0.25, 0.3) is 0 Å². The first-order valence-corrected chi connectivity index (χ1v) is 10.0. The maximum atomic E-state index is 12.4. The lowest BCUT2D eigenvalue weighted by molar-refractivity contribution is -0.121. The van der Waals surface area contributed by atoms with E-state index in [1.165, 1.54) is 0 Å². The number of benzene rings is 3. The number of amides is 2. The van der Waals surface area contributed by atoms with E-state index < -0.39 is 5.97 Å². The smallest absolute Gasteiger partial charge is 0.343 e. The van der Waals surface area contributed by atoms with E-state index in [9.17, 15) is 19.2 Å². The van der Waals surface area contributed by atoms with Gasteiger partial charge in [-0.25, -0.2) is 4.79 Å². The van der Waals surface area contributed by atoms with Crippen LogP contribution in [0.2, 0.25) is 0 Å². The zero-order chi connectivity index (χ0) is 22.5. The SMILES string of the molecule is O=C(COc1ccc(N2C(=O)CCC2=O)cc1)c1ccc(OC(=O)c2ccccc2)cc1. The Morgan fingerprint density at radius 2 is 1.31 bits per heavy atom. The standard InChI is InChI=1S/C25H19NO6/c27-22(16-31-20-12-8-19(9-13-20)26-23(28)14-15-24(26)29)17-6-10-21(11-7-17)32-25(30)18-4-2-1-3-5-18/h1-13H,14-16H2. The van der Waals surface area contributed by atoms with Crippen LogP contribution >= 0.6 is 0 Å². The fourth-order valence-corrected chi connectivity index (χ4v) is 3.24. The minimum absolute atomic E-state index is 0.190. The number of hydrogen-bond donors (Lipinski definition) is 0. The molecule has 0 unspecified atom stereocenters. The van der Waals surface area contributed by atoms with Gasteiger partial charge in [-0.2, -0.15) is 0 Å². The summed E-state index contributed by atoms with van der Waals surface area (Å²) in [4.78, 5) is 49.2. The van der Waals surface area contributed by atoms with Crippen molar-refractivity contribution in [3.8, 4) is 11.5 Å². The van der Waals surface area contributed by atoms with Crippen molar-refractivity contribution >= 4 is 29.3 Å². The van der Waals surface area contributed by atoms with E-state index >= 15 is 0 Å². The molecule has 160 valence electrons. The average Bonchev–Trinajstić information content (AvgIpc) is 3.16. The highest BCUT2D eigenvalue weighted by atomic mass is 16.5. The highest BCUT2D eigenvalue weighted by Gasteiger charge is 2.30. The van der Waals surface area contributed by atoms with E-state index in [-0.39, 0.29) is 37.0 Å². The molecule has 1 fully saturated rings. The molecule has 1 aliphatic heterocycles. The number of nitrogens with zero attached hydrogens (tertiary/aromatic N) is 1. The van der Waals surface area contributed by atoms with E-state index in [2.05, 4.69) is 0 Å². The molecule has 7 nitrogen and oxygen atoms in total. The fourth-order valence-electron chi connectivity index (χ4n) is 3.24. The van der Waals surface area contributed by atoms with Gasteiger partial charge in [-0.15, -0.1) is 0 Å². The molecule has 0 N–H and O–H groups in total. The normalized spacial score (nSPS) is 13.2. The highest BCUT2D eigenvalue weighted by Crippen LogP contribution is 2.25. The largest absolute Gasteiger partial charge is 0.485 e. The Morgan fingerprint density at radius 3 is 1.94 bits per heavy atom. The third-order valence-corrected chi connectivity index (χ3v) is 4.91. The molecule has 0 aliphatic carbocycles. The lowest BCUT2D eigenvalue weighted by Gasteiger charge is -2.14. The Hall–Kier alpha value is -4.26. The molecule has 0 atom stereocenters. The number of rotatable bonds is 7. The van der Waals surface area contributed by atoms with Gasteiger partial charge in [-0.1, -0.05) is 18.2 Å². The number of Topliss-reactive ketones (excluding diaryl/α,β-unsaturated/α-hetero) is 1. The summed E-state index contributed by atoms with van der Waals surface area (Å²) in [5.41, 5.74) is 1.33. The number of anilines is 1. The van der Waals surface area contributed by atoms with Crippen LogP contribution in [0, 0.1) is 0 Å². The minimum Gasteiger partial charge on any atom is -0.485 e. The molecule has 0 radical (unpaired) electrons. The number of imide groups is 1. The van der Waals surface area contributed by atoms with E-state index in [1.807, 2.05) is 6.07 Å². The Balaban J connectivity index is 1.32. The molecule has 0 saturated carbocycles. The van der Waals surface area contributed by atoms with Crippen LogP contribution in [0.5, 0.6) is 11.5 Å². The van der Waals surface area contributed by atoms with Crippen molar-refractivity contribution in [2.45, 2.75) is 12.8 Å². The van der Waals surface area contributed by atoms with Gasteiger partial charge in [0.1, 0.15) is 11.5 Å². The minimum atomic E-state index is -0.478. The maximum Gasteiger partial charge on any atom is 0.343 e. The molecule has 7 heteroatoms. The molecule has 0 spiro atoms. The summed E-state index contributed by atoms with van der Waals surface area (Å²) in [6, 6.07) is 21.3. The van der Waals surface area contributed by atoms with Crippen LogP contribution in [0.15, 0.2) is 78.9 Å². The van der Waals surface area contributed by atoms with Gasteiger partial charge in [0.15, 0.2) is 12.4 Å². The van der Waals surface area contributed by atoms with Gasteiger partial charge in [-0.05, 0) is 60.7 Å². The topological polar surface area (TPSA) is 90.0 Å². The molecular weight excluding hydrogens is 410 g/mol. The van der Waals surface area contributed by atoms with Crippen molar-refractivity contribution in [3.63, 3.8) is 0 Å². The monoisotopic (exact) mass is 429 g/mol. The second kappa shape index (κ2) is 9.26. The third-order valence-electron chi connectivity index (χ3n) is 4.91. The number of hydrogen-bond acceptors (Lipinski definition) is 6. The number of carbonyl (C=O) groups excluding carboxylic acids is 4. The molecular formula is C25H19NO6. The summed E-state index contributed by atoms with van der Waals surface area (Å²) in [5, 5.41) is 0. The molecule has 1 heterocycles. The lowest BCUT2D eigenvalue weighted by atomic mass is 10.1. The van der Waals surface area contributed by atoms with Crippen LogP contribution in [0.4, 0.5) is 5.69 Å². The van der Waals surface area contributed by atoms with E-state index in [0.717, 1.165) is 4.90 Å². The Bertz CT molecular complexity index is 1140. The van der Waals surface area contributed by atoms with Crippen molar-refractivity contribution in [1.82, 2.24) is 0 Å². The Labute approximate surface area is 184 Å². The van der Waals surface area contributed by atoms with Gasteiger partial charge in [0.05, 0.1) is 11.3 Å². The van der Waals surface area contributed by atoms with Gasteiger partial charge in [-0.3, -0.25) is 19.3 Å². The predicted octanol–water partition coefficient (Wildman–Crippen LogP) is 3.82. The predicted molar refractivity (Wildman–Crippen MR) is 116 cm³/mol. The molecule has 0 aromatic heterocycles. The zero-order valence-electron chi connectivity index (χ0n) is 17.0. The highest BCUT2D eigenvalue weighted by molar-refractivity contribution is 6.19. The summed E-state index contributed by atoms with van der Waals surface area (Å²) >= 11 is 0. The fraction of sp³-hybridized carbons (Fsp3) is 0.120. The number of ether oxygens (including phenoxy) is 2. The summed E-state index contributed by atoms with van der Waals surface area (Å²) in [6.07, 6.45) is 0.436. The van der Waals surface area contributed by atoms with Crippen LogP contribution in [0.1, 0.15) is 33.6 Å². The van der Waals surface area contributed by atoms with Crippen LogP contribution in [0.3, 0.4) is 0 Å². The number of carbonyl (C=O) groups is 4. The third kappa shape index (κ3) is 4.73. The summed E-state index contributed by atoms with van der Waals surface area (Å²) in [6.45, 7) is -0.190. The van der Waals surface area contributed by atoms with Crippen molar-refractivity contribution < 1.29 is 28.7 Å².